The largest absolute Gasteiger partial charge is 0.339 e. The molecule has 29 heavy (non-hydrogen) atoms. The third kappa shape index (κ3) is 5.00. The number of benzene rings is 1. The molecule has 3 aromatic rings. The summed E-state index contributed by atoms with van der Waals surface area (Å²) in [6.45, 7) is 6.14. The van der Waals surface area contributed by atoms with Gasteiger partial charge >= 0.3 is 0 Å². The Morgan fingerprint density at radius 2 is 2.10 bits per heavy atom. The van der Waals surface area contributed by atoms with Crippen LogP contribution < -0.4 is 5.32 Å². The van der Waals surface area contributed by atoms with E-state index in [1.807, 2.05) is 28.8 Å². The third-order valence-corrected chi connectivity index (χ3v) is 5.07. The highest BCUT2D eigenvalue weighted by Gasteiger charge is 2.21. The Balaban J connectivity index is 1.91. The molecule has 2 aromatic heterocycles. The summed E-state index contributed by atoms with van der Waals surface area (Å²) in [4.78, 5) is 13.4. The lowest BCUT2D eigenvalue weighted by Crippen LogP contribution is -2.20. The van der Waals surface area contributed by atoms with Crippen molar-refractivity contribution >= 4 is 29.4 Å². The molecule has 0 radical (unpaired) electrons. The van der Waals surface area contributed by atoms with Crippen LogP contribution in [0.15, 0.2) is 52.4 Å². The molecule has 0 saturated carbocycles. The number of hydrogen-bond acceptors (Lipinski definition) is 5. The number of nitrogens with zero attached hydrogens (tertiary/aromatic N) is 4. The van der Waals surface area contributed by atoms with Crippen molar-refractivity contribution in [1.29, 1.82) is 5.26 Å². The number of amides is 1. The predicted octanol–water partition coefficient (Wildman–Crippen LogP) is 3.97. The Morgan fingerprint density at radius 3 is 2.83 bits per heavy atom. The minimum absolute atomic E-state index is 0.0804. The molecule has 1 amide bonds. The zero-order valence-corrected chi connectivity index (χ0v) is 17.1. The quantitative estimate of drug-likeness (QED) is 0.509. The molecule has 0 bridgehead atoms. The molecule has 0 aliphatic carbocycles. The van der Waals surface area contributed by atoms with Crippen LogP contribution in [-0.4, -0.2) is 27.0 Å². The van der Waals surface area contributed by atoms with E-state index < -0.39 is 11.7 Å². The molecule has 8 heteroatoms. The van der Waals surface area contributed by atoms with E-state index in [1.54, 1.807) is 6.07 Å². The molecule has 0 fully saturated rings. The van der Waals surface area contributed by atoms with Gasteiger partial charge in [0.15, 0.2) is 5.65 Å². The standard InChI is InChI=1S/C21H20FN5OS/c1-21(2,3)20-26-25-18-8-6-16(13-27(18)20)29-17-7-5-15(22)12-14(17)4-9-19(28)24-11-10-23/h4-9,12-13H,11H2,1-3H3,(H,24,28). The SMILES string of the molecule is CC(C)(C)c1nnc2ccc(Sc3ccc(F)cc3C=CC(=O)NCC#N)cn12. The van der Waals surface area contributed by atoms with Crippen LogP contribution in [0.5, 0.6) is 0 Å². The lowest BCUT2D eigenvalue weighted by Gasteiger charge is -2.16. The highest BCUT2D eigenvalue weighted by molar-refractivity contribution is 7.99. The average molecular weight is 409 g/mol. The molecule has 0 unspecified atom stereocenters. The Hall–Kier alpha value is -3.18. The van der Waals surface area contributed by atoms with Crippen LogP contribution in [0.4, 0.5) is 4.39 Å². The van der Waals surface area contributed by atoms with Gasteiger partial charge in [0.1, 0.15) is 18.2 Å². The molecule has 0 aliphatic heterocycles. The van der Waals surface area contributed by atoms with Gasteiger partial charge in [-0.3, -0.25) is 9.20 Å². The van der Waals surface area contributed by atoms with Crippen LogP contribution in [0.3, 0.4) is 0 Å². The second-order valence-electron chi connectivity index (χ2n) is 7.36. The highest BCUT2D eigenvalue weighted by atomic mass is 32.2. The van der Waals surface area contributed by atoms with E-state index >= 15 is 0 Å². The number of halogens is 1. The van der Waals surface area contributed by atoms with Crippen molar-refractivity contribution in [3.8, 4) is 6.07 Å². The van der Waals surface area contributed by atoms with E-state index in [0.29, 0.717) is 5.56 Å². The summed E-state index contributed by atoms with van der Waals surface area (Å²) in [5.41, 5.74) is 1.16. The molecule has 0 atom stereocenters. The number of carbonyl (C=O) groups is 1. The van der Waals surface area contributed by atoms with Crippen molar-refractivity contribution in [1.82, 2.24) is 19.9 Å². The van der Waals surface area contributed by atoms with Crippen molar-refractivity contribution in [3.05, 3.63) is 59.8 Å². The number of hydrogen-bond donors (Lipinski definition) is 1. The molecule has 148 valence electrons. The van der Waals surface area contributed by atoms with Gasteiger partial charge in [0, 0.05) is 27.5 Å². The Bertz CT molecular complexity index is 1120. The maximum atomic E-state index is 13.8. The van der Waals surface area contributed by atoms with Gasteiger partial charge in [0.05, 0.1) is 6.07 Å². The molecule has 0 spiro atoms. The zero-order chi connectivity index (χ0) is 21.0. The topological polar surface area (TPSA) is 83.1 Å². The van der Waals surface area contributed by atoms with Gasteiger partial charge in [-0.05, 0) is 42.0 Å². The summed E-state index contributed by atoms with van der Waals surface area (Å²) in [5, 5.41) is 19.4. The van der Waals surface area contributed by atoms with Gasteiger partial charge < -0.3 is 5.32 Å². The Labute approximate surface area is 172 Å². The van der Waals surface area contributed by atoms with Crippen LogP contribution in [0.1, 0.15) is 32.2 Å². The van der Waals surface area contributed by atoms with Crippen molar-refractivity contribution in [2.24, 2.45) is 0 Å². The zero-order valence-electron chi connectivity index (χ0n) is 16.3. The van der Waals surface area contributed by atoms with Gasteiger partial charge in [-0.25, -0.2) is 4.39 Å². The van der Waals surface area contributed by atoms with Gasteiger partial charge in [-0.2, -0.15) is 5.26 Å². The minimum atomic E-state index is -0.410. The summed E-state index contributed by atoms with van der Waals surface area (Å²) in [6, 6.07) is 10.1. The van der Waals surface area contributed by atoms with E-state index in [4.69, 9.17) is 5.26 Å². The van der Waals surface area contributed by atoms with Crippen molar-refractivity contribution in [2.45, 2.75) is 36.0 Å². The summed E-state index contributed by atoms with van der Waals surface area (Å²) in [5.74, 6) is 0.0477. The molecule has 3 rings (SSSR count). The monoisotopic (exact) mass is 409 g/mol. The van der Waals surface area contributed by atoms with Gasteiger partial charge in [-0.15, -0.1) is 10.2 Å². The second-order valence-corrected chi connectivity index (χ2v) is 8.48. The summed E-state index contributed by atoms with van der Waals surface area (Å²) >= 11 is 1.45. The molecule has 0 aliphatic rings. The first-order chi connectivity index (χ1) is 13.8. The molecule has 1 N–H and O–H groups in total. The Morgan fingerprint density at radius 1 is 1.31 bits per heavy atom. The molecule has 6 nitrogen and oxygen atoms in total. The number of carbonyl (C=O) groups excluding carboxylic acids is 1. The second kappa shape index (κ2) is 8.45. The van der Waals surface area contributed by atoms with Crippen LogP contribution >= 0.6 is 11.8 Å². The Kier molecular flexibility index (Phi) is 5.99. The summed E-state index contributed by atoms with van der Waals surface area (Å²) in [7, 11) is 0. The van der Waals surface area contributed by atoms with Crippen molar-refractivity contribution < 1.29 is 9.18 Å². The van der Waals surface area contributed by atoms with E-state index in [1.165, 1.54) is 36.0 Å². The maximum absolute atomic E-state index is 13.8. The lowest BCUT2D eigenvalue weighted by atomic mass is 9.96. The minimum Gasteiger partial charge on any atom is -0.339 e. The number of pyridine rings is 1. The molecular weight excluding hydrogens is 389 g/mol. The number of nitrogens with one attached hydrogen (secondary N) is 1. The molecular formula is C21H20FN5OS. The first-order valence-electron chi connectivity index (χ1n) is 8.93. The highest BCUT2D eigenvalue weighted by Crippen LogP contribution is 2.32. The van der Waals surface area contributed by atoms with E-state index in [0.717, 1.165) is 21.3 Å². The maximum Gasteiger partial charge on any atom is 0.244 e. The number of fused-ring (bicyclic) bond motifs is 1. The number of nitriles is 1. The predicted molar refractivity (Wildman–Crippen MR) is 110 cm³/mol. The smallest absolute Gasteiger partial charge is 0.244 e. The van der Waals surface area contributed by atoms with Gasteiger partial charge in [0.2, 0.25) is 5.91 Å². The average Bonchev–Trinajstić information content (AvgIpc) is 3.10. The van der Waals surface area contributed by atoms with Gasteiger partial charge in [-0.1, -0.05) is 32.5 Å². The van der Waals surface area contributed by atoms with E-state index in [2.05, 4.69) is 36.3 Å². The van der Waals surface area contributed by atoms with E-state index in [9.17, 15) is 9.18 Å². The van der Waals surface area contributed by atoms with Crippen LogP contribution in [0, 0.1) is 17.1 Å². The normalized spacial score (nSPS) is 11.7. The number of rotatable bonds is 5. The molecule has 2 heterocycles. The third-order valence-electron chi connectivity index (χ3n) is 4.00. The first kappa shape index (κ1) is 20.6. The van der Waals surface area contributed by atoms with E-state index in [-0.39, 0.29) is 12.0 Å². The summed E-state index contributed by atoms with van der Waals surface area (Å²) in [6.07, 6.45) is 4.78. The fourth-order valence-corrected chi connectivity index (χ4v) is 3.59. The molecule has 0 saturated heterocycles. The lowest BCUT2D eigenvalue weighted by molar-refractivity contribution is -0.116. The van der Waals surface area contributed by atoms with Crippen LogP contribution in [-0.2, 0) is 10.2 Å². The van der Waals surface area contributed by atoms with Crippen molar-refractivity contribution in [3.63, 3.8) is 0 Å². The van der Waals surface area contributed by atoms with Crippen molar-refractivity contribution in [2.75, 3.05) is 6.54 Å². The molecule has 1 aromatic carbocycles. The fourth-order valence-electron chi connectivity index (χ4n) is 2.66. The number of aromatic nitrogens is 3. The summed E-state index contributed by atoms with van der Waals surface area (Å²) < 4.78 is 15.7. The van der Waals surface area contributed by atoms with Gasteiger partial charge in [0.25, 0.3) is 0 Å². The first-order valence-corrected chi connectivity index (χ1v) is 9.75. The van der Waals surface area contributed by atoms with Crippen LogP contribution in [0.25, 0.3) is 11.7 Å². The van der Waals surface area contributed by atoms with Crippen LogP contribution in [0.2, 0.25) is 0 Å². The fraction of sp³-hybridized carbons (Fsp3) is 0.238.